The van der Waals surface area contributed by atoms with Gasteiger partial charge in [0.05, 0.1) is 11.5 Å². The number of nitrogens with one attached hydrogen (secondary N) is 2. The summed E-state index contributed by atoms with van der Waals surface area (Å²) in [5.74, 6) is 7.78. The minimum atomic E-state index is -0.466. The molecular formula is C20H33N7O3S2. The third-order valence-electron chi connectivity index (χ3n) is 6.45. The number of nitrogen functional groups attached to an aromatic ring is 1. The average Bonchev–Trinajstić information content (AvgIpc) is 3.48. The summed E-state index contributed by atoms with van der Waals surface area (Å²) < 4.78 is 1.26. The molecule has 1 heterocycles. The van der Waals surface area contributed by atoms with E-state index in [0.29, 0.717) is 35.2 Å². The molecule has 12 heteroatoms. The highest BCUT2D eigenvalue weighted by molar-refractivity contribution is 8.00. The number of amides is 4. The van der Waals surface area contributed by atoms with Crippen LogP contribution in [-0.4, -0.2) is 68.3 Å². The molecular weight excluding hydrogens is 450 g/mol. The first-order valence-electron chi connectivity index (χ1n) is 11.2. The van der Waals surface area contributed by atoms with Gasteiger partial charge in [-0.2, -0.15) is 0 Å². The van der Waals surface area contributed by atoms with Gasteiger partial charge < -0.3 is 16.1 Å². The zero-order valence-electron chi connectivity index (χ0n) is 18.9. The summed E-state index contributed by atoms with van der Waals surface area (Å²) in [6.45, 7) is 7.17. The summed E-state index contributed by atoms with van der Waals surface area (Å²) in [4.78, 5) is 38.3. The second-order valence-electron chi connectivity index (χ2n) is 8.43. The molecule has 2 aliphatic carbocycles. The fourth-order valence-corrected chi connectivity index (χ4v) is 6.28. The molecule has 0 spiro atoms. The lowest BCUT2D eigenvalue weighted by Crippen LogP contribution is -2.47. The van der Waals surface area contributed by atoms with Crippen molar-refractivity contribution in [3.63, 3.8) is 0 Å². The highest BCUT2D eigenvalue weighted by atomic mass is 32.2. The van der Waals surface area contributed by atoms with Crippen LogP contribution in [0, 0.1) is 17.8 Å². The number of carbonyl (C=O) groups is 3. The molecule has 4 amide bonds. The topological polar surface area (TPSA) is 135 Å². The second kappa shape index (κ2) is 11.3. The first-order chi connectivity index (χ1) is 15.3. The third-order valence-corrected chi connectivity index (χ3v) is 8.32. The van der Waals surface area contributed by atoms with E-state index in [1.807, 2.05) is 20.8 Å². The van der Waals surface area contributed by atoms with Crippen molar-refractivity contribution in [3.8, 4) is 0 Å². The molecule has 4 atom stereocenters. The number of hydrogen-bond donors (Lipinski definition) is 3. The van der Waals surface area contributed by atoms with Gasteiger partial charge in [0.15, 0.2) is 0 Å². The number of urea groups is 1. The van der Waals surface area contributed by atoms with Crippen LogP contribution in [0.2, 0.25) is 0 Å². The highest BCUT2D eigenvalue weighted by Crippen LogP contribution is 2.49. The Bertz CT molecular complexity index is 830. The van der Waals surface area contributed by atoms with Crippen molar-refractivity contribution in [2.75, 3.05) is 30.4 Å². The zero-order chi connectivity index (χ0) is 23.3. The number of fused-ring (bicyclic) bond motifs is 2. The summed E-state index contributed by atoms with van der Waals surface area (Å²) in [5.41, 5.74) is 0. The van der Waals surface area contributed by atoms with Crippen LogP contribution in [0.15, 0.2) is 10.3 Å². The molecule has 2 bridgehead atoms. The van der Waals surface area contributed by atoms with Crippen molar-refractivity contribution >= 4 is 41.4 Å². The van der Waals surface area contributed by atoms with E-state index >= 15 is 0 Å². The van der Waals surface area contributed by atoms with Gasteiger partial charge in [0, 0.05) is 19.1 Å². The monoisotopic (exact) mass is 483 g/mol. The smallest absolute Gasteiger partial charge is 0.321 e. The molecule has 0 radical (unpaired) electrons. The van der Waals surface area contributed by atoms with Crippen molar-refractivity contribution in [2.24, 2.45) is 17.8 Å². The highest BCUT2D eigenvalue weighted by Gasteiger charge is 2.42. The Morgan fingerprint density at radius 3 is 2.34 bits per heavy atom. The fraction of sp³-hybridized carbons (Fsp3) is 0.750. The average molecular weight is 484 g/mol. The van der Waals surface area contributed by atoms with Crippen molar-refractivity contribution in [1.82, 2.24) is 30.4 Å². The molecule has 2 aliphatic rings. The van der Waals surface area contributed by atoms with Crippen LogP contribution < -0.4 is 16.5 Å². The Morgan fingerprint density at radius 1 is 1.12 bits per heavy atom. The Hall–Kier alpha value is -1.95. The van der Waals surface area contributed by atoms with Gasteiger partial charge in [0.2, 0.25) is 22.1 Å². The predicted octanol–water partition coefficient (Wildman–Crippen LogP) is 1.70. The van der Waals surface area contributed by atoms with Gasteiger partial charge in [-0.25, -0.2) is 9.47 Å². The van der Waals surface area contributed by atoms with E-state index in [-0.39, 0.29) is 23.5 Å². The molecule has 4 N–H and O–H groups in total. The van der Waals surface area contributed by atoms with E-state index in [1.165, 1.54) is 42.1 Å². The van der Waals surface area contributed by atoms with Gasteiger partial charge in [0.1, 0.15) is 0 Å². The summed E-state index contributed by atoms with van der Waals surface area (Å²) >= 11 is 2.28. The summed E-state index contributed by atoms with van der Waals surface area (Å²) in [6.07, 6.45) is 5.01. The standard InChI is InChI=1S/C20H33N7O3S2/c1-4-26(5-2)17(29)11-32-20-25-24-19(27(20)21)31-10-16(28)23-18(30)22-12(3)15-9-13-6-7-14(15)8-13/h12-15H,4-11,21H2,1-3H3,(H2,22,23,28,30). The maximum Gasteiger partial charge on any atom is 0.321 e. The number of rotatable bonds is 10. The Kier molecular flexibility index (Phi) is 8.69. The van der Waals surface area contributed by atoms with Crippen molar-refractivity contribution in [3.05, 3.63) is 0 Å². The first-order valence-corrected chi connectivity index (χ1v) is 13.1. The van der Waals surface area contributed by atoms with Crippen molar-refractivity contribution in [1.29, 1.82) is 0 Å². The van der Waals surface area contributed by atoms with E-state index in [0.717, 1.165) is 17.7 Å². The fourth-order valence-electron chi connectivity index (χ4n) is 4.80. The predicted molar refractivity (Wildman–Crippen MR) is 125 cm³/mol. The Labute approximate surface area is 197 Å². The van der Waals surface area contributed by atoms with Gasteiger partial charge >= 0.3 is 6.03 Å². The molecule has 2 fully saturated rings. The number of nitrogens with two attached hydrogens (primary N) is 1. The molecule has 0 aromatic carbocycles. The maximum atomic E-state index is 12.2. The van der Waals surface area contributed by atoms with Crippen LogP contribution in [0.1, 0.15) is 46.5 Å². The lowest BCUT2D eigenvalue weighted by atomic mass is 9.84. The molecule has 10 nitrogen and oxygen atoms in total. The van der Waals surface area contributed by atoms with Crippen LogP contribution in [0.3, 0.4) is 0 Å². The van der Waals surface area contributed by atoms with E-state index in [2.05, 4.69) is 20.8 Å². The summed E-state index contributed by atoms with van der Waals surface area (Å²) in [6, 6.07) is -0.414. The van der Waals surface area contributed by atoms with Crippen LogP contribution in [0.5, 0.6) is 0 Å². The van der Waals surface area contributed by atoms with Crippen LogP contribution in [0.25, 0.3) is 0 Å². The summed E-state index contributed by atoms with van der Waals surface area (Å²) in [7, 11) is 0. The van der Waals surface area contributed by atoms with E-state index in [4.69, 9.17) is 5.84 Å². The number of nitrogens with zero attached hydrogens (tertiary/aromatic N) is 4. The van der Waals surface area contributed by atoms with Gasteiger partial charge in [-0.3, -0.25) is 14.9 Å². The molecule has 3 rings (SSSR count). The van der Waals surface area contributed by atoms with Crippen LogP contribution >= 0.6 is 23.5 Å². The minimum absolute atomic E-state index is 0.00209. The van der Waals surface area contributed by atoms with Crippen molar-refractivity contribution < 1.29 is 14.4 Å². The van der Waals surface area contributed by atoms with E-state index in [9.17, 15) is 14.4 Å². The quantitative estimate of drug-likeness (QED) is 0.338. The maximum absolute atomic E-state index is 12.2. The normalized spacial score (nSPS) is 22.5. The number of thioether (sulfide) groups is 2. The number of imide groups is 1. The molecule has 2 saturated carbocycles. The number of aromatic nitrogens is 3. The Balaban J connectivity index is 1.40. The van der Waals surface area contributed by atoms with E-state index < -0.39 is 11.9 Å². The lowest BCUT2D eigenvalue weighted by Gasteiger charge is -2.28. The van der Waals surface area contributed by atoms with E-state index in [1.54, 1.807) is 4.90 Å². The number of carbonyl (C=O) groups excluding carboxylic acids is 3. The first kappa shape index (κ1) is 24.7. The van der Waals surface area contributed by atoms with Gasteiger partial charge in [-0.05, 0) is 57.8 Å². The molecule has 1 aromatic rings. The molecule has 1 aromatic heterocycles. The molecule has 0 saturated heterocycles. The van der Waals surface area contributed by atoms with Crippen molar-refractivity contribution in [2.45, 2.75) is 62.8 Å². The molecule has 0 aliphatic heterocycles. The molecule has 4 unspecified atom stereocenters. The zero-order valence-corrected chi connectivity index (χ0v) is 20.5. The van der Waals surface area contributed by atoms with Gasteiger partial charge in [-0.15, -0.1) is 10.2 Å². The van der Waals surface area contributed by atoms with Gasteiger partial charge in [-0.1, -0.05) is 29.9 Å². The Morgan fingerprint density at radius 2 is 1.78 bits per heavy atom. The molecule has 178 valence electrons. The largest absolute Gasteiger partial charge is 0.343 e. The minimum Gasteiger partial charge on any atom is -0.343 e. The lowest BCUT2D eigenvalue weighted by molar-refractivity contribution is -0.128. The van der Waals surface area contributed by atoms with Crippen LogP contribution in [-0.2, 0) is 9.59 Å². The van der Waals surface area contributed by atoms with Crippen LogP contribution in [0.4, 0.5) is 4.79 Å². The third kappa shape index (κ3) is 6.09. The number of hydrogen-bond acceptors (Lipinski definition) is 8. The SMILES string of the molecule is CCN(CC)C(=O)CSc1nnc(SCC(=O)NC(=O)NC(C)C2CC3CCC2C3)n1N. The second-order valence-corrected chi connectivity index (χ2v) is 10.3. The van der Waals surface area contributed by atoms with Gasteiger partial charge in [0.25, 0.3) is 0 Å². The molecule has 32 heavy (non-hydrogen) atoms. The summed E-state index contributed by atoms with van der Waals surface area (Å²) in [5, 5.41) is 14.0.